The highest BCUT2D eigenvalue weighted by atomic mass is 32.2. The van der Waals surface area contributed by atoms with E-state index >= 15 is 0 Å². The van der Waals surface area contributed by atoms with Gasteiger partial charge in [0.15, 0.2) is 6.29 Å². The fraction of sp³-hybridized carbons (Fsp3) is 0.182. The van der Waals surface area contributed by atoms with Crippen LogP contribution in [0.2, 0.25) is 0 Å². The lowest BCUT2D eigenvalue weighted by Gasteiger charge is -2.11. The maximum atomic E-state index is 11.9. The zero-order valence-electron chi connectivity index (χ0n) is 9.47. The van der Waals surface area contributed by atoms with Crippen LogP contribution in [0.15, 0.2) is 29.3 Å². The number of aromatic amines is 1. The second kappa shape index (κ2) is 3.97. The van der Waals surface area contributed by atoms with Gasteiger partial charge in [-0.25, -0.2) is 12.7 Å². The Bertz CT molecular complexity index is 671. The fourth-order valence-corrected chi connectivity index (χ4v) is 2.52. The molecule has 0 amide bonds. The predicted molar refractivity (Wildman–Crippen MR) is 64.6 cm³/mol. The molecule has 1 heterocycles. The highest BCUT2D eigenvalue weighted by molar-refractivity contribution is 7.89. The Morgan fingerprint density at radius 3 is 2.59 bits per heavy atom. The summed E-state index contributed by atoms with van der Waals surface area (Å²) in [5, 5.41) is 0.720. The molecule has 1 aromatic heterocycles. The van der Waals surface area contributed by atoms with E-state index < -0.39 is 10.0 Å². The molecule has 0 aliphatic heterocycles. The minimum atomic E-state index is -3.44. The number of nitrogens with zero attached hydrogens (tertiary/aromatic N) is 1. The van der Waals surface area contributed by atoms with Crippen LogP contribution in [0.4, 0.5) is 0 Å². The summed E-state index contributed by atoms with van der Waals surface area (Å²) in [6.45, 7) is 0. The van der Waals surface area contributed by atoms with Gasteiger partial charge in [-0.05, 0) is 12.1 Å². The molecule has 0 spiro atoms. The van der Waals surface area contributed by atoms with E-state index in [0.29, 0.717) is 11.1 Å². The van der Waals surface area contributed by atoms with E-state index in [4.69, 9.17) is 0 Å². The van der Waals surface area contributed by atoms with Crippen molar-refractivity contribution in [2.45, 2.75) is 4.90 Å². The van der Waals surface area contributed by atoms with Gasteiger partial charge in [-0.15, -0.1) is 0 Å². The number of aromatic nitrogens is 1. The quantitative estimate of drug-likeness (QED) is 0.835. The van der Waals surface area contributed by atoms with Crippen LogP contribution in [-0.2, 0) is 10.0 Å². The predicted octanol–water partition coefficient (Wildman–Crippen LogP) is 1.23. The highest BCUT2D eigenvalue weighted by Crippen LogP contribution is 2.22. The number of fused-ring (bicyclic) bond motifs is 1. The largest absolute Gasteiger partial charge is 0.360 e. The zero-order chi connectivity index (χ0) is 12.6. The fourth-order valence-electron chi connectivity index (χ4n) is 1.60. The van der Waals surface area contributed by atoms with Gasteiger partial charge in [0.25, 0.3) is 0 Å². The molecule has 0 saturated carbocycles. The number of carbonyl (C=O) groups excluding carboxylic acids is 1. The lowest BCUT2D eigenvalue weighted by Crippen LogP contribution is -2.22. The normalized spacial score (nSPS) is 12.2. The third-order valence-corrected chi connectivity index (χ3v) is 4.40. The van der Waals surface area contributed by atoms with Crippen LogP contribution in [0, 0.1) is 0 Å². The van der Waals surface area contributed by atoms with Crippen LogP contribution in [0.1, 0.15) is 10.4 Å². The van der Waals surface area contributed by atoms with E-state index in [0.717, 1.165) is 16.0 Å². The summed E-state index contributed by atoms with van der Waals surface area (Å²) in [5.41, 5.74) is 1.16. The number of sulfonamides is 1. The molecule has 2 aromatic rings. The average molecular weight is 252 g/mol. The summed E-state index contributed by atoms with van der Waals surface area (Å²) >= 11 is 0. The van der Waals surface area contributed by atoms with Gasteiger partial charge in [-0.3, -0.25) is 4.79 Å². The van der Waals surface area contributed by atoms with Crippen molar-refractivity contribution in [2.75, 3.05) is 14.1 Å². The molecule has 1 N–H and O–H groups in total. The molecule has 0 aliphatic carbocycles. The monoisotopic (exact) mass is 252 g/mol. The van der Waals surface area contributed by atoms with Gasteiger partial charge in [0.1, 0.15) is 0 Å². The van der Waals surface area contributed by atoms with E-state index in [1.54, 1.807) is 12.3 Å². The minimum absolute atomic E-state index is 0.203. The zero-order valence-corrected chi connectivity index (χ0v) is 10.3. The first-order valence-electron chi connectivity index (χ1n) is 4.95. The molecule has 0 radical (unpaired) electrons. The Morgan fingerprint density at radius 1 is 1.29 bits per heavy atom. The first-order valence-corrected chi connectivity index (χ1v) is 6.39. The molecular formula is C11H12N2O3S. The van der Waals surface area contributed by atoms with Crippen molar-refractivity contribution in [3.05, 3.63) is 30.0 Å². The average Bonchev–Trinajstić information content (AvgIpc) is 2.70. The van der Waals surface area contributed by atoms with Crippen LogP contribution in [0.5, 0.6) is 0 Å². The van der Waals surface area contributed by atoms with Crippen molar-refractivity contribution in [3.63, 3.8) is 0 Å². The summed E-state index contributed by atoms with van der Waals surface area (Å²) in [6.07, 6.45) is 2.29. The van der Waals surface area contributed by atoms with Crippen LogP contribution < -0.4 is 0 Å². The number of hydrogen-bond acceptors (Lipinski definition) is 3. The molecule has 90 valence electrons. The van der Waals surface area contributed by atoms with Crippen molar-refractivity contribution >= 4 is 27.2 Å². The van der Waals surface area contributed by atoms with Gasteiger partial charge in [0, 0.05) is 36.8 Å². The SMILES string of the molecule is CN(C)S(=O)(=O)c1ccc2c(C=O)c[nH]c2c1. The molecular weight excluding hydrogens is 240 g/mol. The standard InChI is InChI=1S/C11H12N2O3S/c1-13(2)17(15,16)9-3-4-10-8(7-14)6-12-11(10)5-9/h3-7,12H,1-2H3. The smallest absolute Gasteiger partial charge is 0.242 e. The van der Waals surface area contributed by atoms with Crippen LogP contribution in [0.25, 0.3) is 10.9 Å². The van der Waals surface area contributed by atoms with Gasteiger partial charge >= 0.3 is 0 Å². The molecule has 6 heteroatoms. The summed E-state index contributed by atoms with van der Waals surface area (Å²) < 4.78 is 24.9. The summed E-state index contributed by atoms with van der Waals surface area (Å²) in [5.74, 6) is 0. The number of hydrogen-bond donors (Lipinski definition) is 1. The van der Waals surface area contributed by atoms with Crippen molar-refractivity contribution in [1.29, 1.82) is 0 Å². The number of benzene rings is 1. The molecule has 0 unspecified atom stereocenters. The minimum Gasteiger partial charge on any atom is -0.360 e. The number of aldehydes is 1. The lowest BCUT2D eigenvalue weighted by molar-refractivity contribution is 0.112. The maximum Gasteiger partial charge on any atom is 0.242 e. The molecule has 17 heavy (non-hydrogen) atoms. The first-order chi connectivity index (χ1) is 7.96. The van der Waals surface area contributed by atoms with Crippen molar-refractivity contribution in [3.8, 4) is 0 Å². The Balaban J connectivity index is 2.64. The molecule has 0 aliphatic rings. The number of rotatable bonds is 3. The first kappa shape index (κ1) is 11.8. The summed E-state index contributed by atoms with van der Waals surface area (Å²) in [6, 6.07) is 4.65. The molecule has 0 saturated heterocycles. The van der Waals surface area contributed by atoms with Crippen LogP contribution in [-0.4, -0.2) is 38.1 Å². The van der Waals surface area contributed by atoms with Gasteiger partial charge < -0.3 is 4.98 Å². The van der Waals surface area contributed by atoms with E-state index in [9.17, 15) is 13.2 Å². The van der Waals surface area contributed by atoms with E-state index in [1.165, 1.54) is 26.2 Å². The Morgan fingerprint density at radius 2 is 2.00 bits per heavy atom. The van der Waals surface area contributed by atoms with Gasteiger partial charge in [0.05, 0.1) is 4.90 Å². The van der Waals surface area contributed by atoms with Crippen molar-refractivity contribution in [2.24, 2.45) is 0 Å². The number of nitrogens with one attached hydrogen (secondary N) is 1. The molecule has 2 rings (SSSR count). The van der Waals surface area contributed by atoms with Crippen molar-refractivity contribution < 1.29 is 13.2 Å². The molecule has 0 atom stereocenters. The van der Waals surface area contributed by atoms with Crippen molar-refractivity contribution in [1.82, 2.24) is 9.29 Å². The number of carbonyl (C=O) groups is 1. The van der Waals surface area contributed by atoms with Crippen LogP contribution >= 0.6 is 0 Å². The molecule has 0 fully saturated rings. The Kier molecular flexibility index (Phi) is 2.76. The second-order valence-corrected chi connectivity index (χ2v) is 6.01. The third-order valence-electron chi connectivity index (χ3n) is 2.59. The van der Waals surface area contributed by atoms with E-state index in [2.05, 4.69) is 4.98 Å². The van der Waals surface area contributed by atoms with Crippen LogP contribution in [0.3, 0.4) is 0 Å². The third kappa shape index (κ3) is 1.85. The van der Waals surface area contributed by atoms with Gasteiger partial charge in [0.2, 0.25) is 10.0 Å². The molecule has 5 nitrogen and oxygen atoms in total. The van der Waals surface area contributed by atoms with Gasteiger partial charge in [-0.2, -0.15) is 0 Å². The van der Waals surface area contributed by atoms with E-state index in [1.807, 2.05) is 0 Å². The Hall–Kier alpha value is -1.66. The maximum absolute atomic E-state index is 11.9. The summed E-state index contributed by atoms with van der Waals surface area (Å²) in [4.78, 5) is 13.8. The molecule has 0 bridgehead atoms. The molecule has 1 aromatic carbocycles. The Labute approximate surface area is 99.1 Å². The number of H-pyrrole nitrogens is 1. The summed E-state index contributed by atoms with van der Waals surface area (Å²) in [7, 11) is -0.486. The van der Waals surface area contributed by atoms with Gasteiger partial charge in [-0.1, -0.05) is 6.07 Å². The second-order valence-electron chi connectivity index (χ2n) is 3.86. The topological polar surface area (TPSA) is 70.2 Å². The van der Waals surface area contributed by atoms with E-state index in [-0.39, 0.29) is 4.90 Å². The lowest BCUT2D eigenvalue weighted by atomic mass is 10.2. The highest BCUT2D eigenvalue weighted by Gasteiger charge is 2.17.